The number of amides is 4. The fourth-order valence-electron chi connectivity index (χ4n) is 8.71. The fourth-order valence-corrected chi connectivity index (χ4v) is 9.64. The number of fused-ring (bicyclic) bond motifs is 4. The molecule has 0 spiro atoms. The highest BCUT2D eigenvalue weighted by Crippen LogP contribution is 2.67. The van der Waals surface area contributed by atoms with E-state index in [2.05, 4.69) is 11.9 Å². The third-order valence-corrected chi connectivity index (χ3v) is 12.6. The highest BCUT2D eigenvalue weighted by atomic mass is 35.5. The number of carbonyl (C=O) groups is 4. The SMILES string of the molecule is C=CCc1cccc(C2C3=CCC4C(=O)N(c5ccc(Nc6ccccc6)cc5)C(=O)C4C3CC3(Cl)C(=O)N(c4c(F)c(F)c(F)c(F)c4F)C(=O)C23Cl)c1O. The van der Waals surface area contributed by atoms with Crippen LogP contribution >= 0.6 is 23.2 Å². The van der Waals surface area contributed by atoms with Gasteiger partial charge in [-0.05, 0) is 67.1 Å². The summed E-state index contributed by atoms with van der Waals surface area (Å²) < 4.78 is 73.9. The Bertz CT molecular complexity index is 2400. The summed E-state index contributed by atoms with van der Waals surface area (Å²) in [6, 6.07) is 20.2. The van der Waals surface area contributed by atoms with Crippen LogP contribution in [0.2, 0.25) is 0 Å². The van der Waals surface area contributed by atoms with E-state index in [1.165, 1.54) is 18.2 Å². The lowest BCUT2D eigenvalue weighted by Crippen LogP contribution is -2.60. The molecule has 0 aromatic heterocycles. The van der Waals surface area contributed by atoms with Gasteiger partial charge in [-0.15, -0.1) is 29.8 Å². The van der Waals surface area contributed by atoms with Crippen molar-refractivity contribution in [1.29, 1.82) is 0 Å². The highest BCUT2D eigenvalue weighted by molar-refractivity contribution is 6.58. The third kappa shape index (κ3) is 5.09. The van der Waals surface area contributed by atoms with Crippen LogP contribution in [-0.4, -0.2) is 38.5 Å². The maximum absolute atomic E-state index is 15.3. The summed E-state index contributed by atoms with van der Waals surface area (Å²) in [6.45, 7) is 3.68. The van der Waals surface area contributed by atoms with Gasteiger partial charge >= 0.3 is 0 Å². The first-order valence-electron chi connectivity index (χ1n) is 17.4. The molecular weight excluding hydrogens is 780 g/mol. The summed E-state index contributed by atoms with van der Waals surface area (Å²) in [5.41, 5.74) is 0.269. The molecule has 4 amide bonds. The molecule has 8 rings (SSSR count). The average Bonchev–Trinajstić information content (AvgIpc) is 3.53. The minimum absolute atomic E-state index is 0.0550. The van der Waals surface area contributed by atoms with Crippen molar-refractivity contribution >= 4 is 69.6 Å². The number of imide groups is 2. The Morgan fingerprint density at radius 2 is 1.39 bits per heavy atom. The average molecular weight is 809 g/mol. The topological polar surface area (TPSA) is 107 Å². The van der Waals surface area contributed by atoms with E-state index in [-0.39, 0.29) is 34.6 Å². The Hall–Kier alpha value is -5.53. The Balaban J connectivity index is 1.25. The molecule has 2 saturated heterocycles. The molecule has 15 heteroatoms. The number of anilines is 4. The Labute approximate surface area is 325 Å². The molecule has 56 heavy (non-hydrogen) atoms. The first kappa shape index (κ1) is 37.4. The van der Waals surface area contributed by atoms with E-state index in [0.717, 1.165) is 10.6 Å². The minimum atomic E-state index is -2.77. The number of carbonyl (C=O) groups excluding carboxylic acids is 4. The van der Waals surface area contributed by atoms with Crippen molar-refractivity contribution in [2.24, 2.45) is 17.8 Å². The molecule has 1 saturated carbocycles. The van der Waals surface area contributed by atoms with E-state index in [0.29, 0.717) is 11.3 Å². The molecule has 2 aliphatic carbocycles. The van der Waals surface area contributed by atoms with E-state index in [1.54, 1.807) is 36.4 Å². The highest BCUT2D eigenvalue weighted by Gasteiger charge is 2.77. The lowest BCUT2D eigenvalue weighted by atomic mass is 9.56. The predicted molar refractivity (Wildman–Crippen MR) is 197 cm³/mol. The van der Waals surface area contributed by atoms with E-state index in [1.807, 2.05) is 30.3 Å². The minimum Gasteiger partial charge on any atom is -0.507 e. The number of aromatic hydroxyl groups is 1. The summed E-state index contributed by atoms with van der Waals surface area (Å²) in [7, 11) is 0. The van der Waals surface area contributed by atoms with Gasteiger partial charge < -0.3 is 10.4 Å². The Morgan fingerprint density at radius 1 is 0.768 bits per heavy atom. The van der Waals surface area contributed by atoms with E-state index >= 15 is 8.78 Å². The maximum Gasteiger partial charge on any atom is 0.258 e. The molecular formula is C41H28Cl2F5N3O5. The molecule has 0 bridgehead atoms. The number of phenolic OH excluding ortho intramolecular Hbond substituents is 1. The van der Waals surface area contributed by atoms with Crippen molar-refractivity contribution < 1.29 is 46.2 Å². The largest absolute Gasteiger partial charge is 0.507 e. The van der Waals surface area contributed by atoms with Gasteiger partial charge in [0.2, 0.25) is 17.6 Å². The van der Waals surface area contributed by atoms with Gasteiger partial charge in [0.25, 0.3) is 11.8 Å². The van der Waals surface area contributed by atoms with Gasteiger partial charge in [-0.25, -0.2) is 26.9 Å². The quantitative estimate of drug-likeness (QED) is 0.0486. The zero-order valence-corrected chi connectivity index (χ0v) is 30.4. The van der Waals surface area contributed by atoms with Crippen LogP contribution in [0.4, 0.5) is 44.7 Å². The summed E-state index contributed by atoms with van der Waals surface area (Å²) in [5.74, 6) is -22.2. The summed E-state index contributed by atoms with van der Waals surface area (Å²) in [5, 5.41) is 14.8. The molecule has 0 radical (unpaired) electrons. The number of hydrogen-bond donors (Lipinski definition) is 2. The number of nitrogens with one attached hydrogen (secondary N) is 1. The van der Waals surface area contributed by atoms with Crippen LogP contribution in [0.1, 0.15) is 29.9 Å². The van der Waals surface area contributed by atoms with Gasteiger partial charge in [0, 0.05) is 22.9 Å². The standard InChI is InChI=1S/C41H28Cl2F5N3O5/c1-2-7-19-8-6-11-25(35(19)52)28-23-16-17-24-27(37(54)50(36(24)53)22-14-12-21(13-15-22)49-20-9-4-3-5-10-20)26(23)18-40(42)38(55)51(39(56)41(28,40)43)34-32(47)30(45)29(44)31(46)33(34)48/h2-6,8-16,24,26-28,49,52H,1,7,17-18H2. The zero-order chi connectivity index (χ0) is 40.0. The van der Waals surface area contributed by atoms with E-state index in [9.17, 15) is 37.5 Å². The van der Waals surface area contributed by atoms with Gasteiger partial charge in [0.05, 0.1) is 17.5 Å². The summed E-state index contributed by atoms with van der Waals surface area (Å²) >= 11 is 14.4. The molecule has 2 N–H and O–H groups in total. The number of benzene rings is 4. The molecule has 6 atom stereocenters. The van der Waals surface area contributed by atoms with Crippen molar-refractivity contribution in [3.8, 4) is 5.75 Å². The van der Waals surface area contributed by atoms with Gasteiger partial charge in [-0.3, -0.25) is 24.1 Å². The molecule has 3 fully saturated rings. The Kier molecular flexibility index (Phi) is 8.88. The lowest BCUT2D eigenvalue weighted by molar-refractivity contribution is -0.125. The summed E-state index contributed by atoms with van der Waals surface area (Å²) in [6.07, 6.45) is 2.44. The van der Waals surface area contributed by atoms with Gasteiger partial charge in [-0.2, -0.15) is 0 Å². The van der Waals surface area contributed by atoms with Crippen molar-refractivity contribution in [2.75, 3.05) is 15.1 Å². The normalized spacial score (nSPS) is 26.9. The number of para-hydroxylation sites is 2. The third-order valence-electron chi connectivity index (χ3n) is 11.2. The molecule has 4 aliphatic rings. The monoisotopic (exact) mass is 807 g/mol. The van der Waals surface area contributed by atoms with Crippen LogP contribution in [0.5, 0.6) is 5.75 Å². The molecule has 6 unspecified atom stereocenters. The van der Waals surface area contributed by atoms with Crippen LogP contribution < -0.4 is 15.1 Å². The second-order valence-electron chi connectivity index (χ2n) is 14.1. The molecule has 2 aliphatic heterocycles. The number of halogens is 7. The molecule has 4 aromatic carbocycles. The Morgan fingerprint density at radius 3 is 2.04 bits per heavy atom. The predicted octanol–water partition coefficient (Wildman–Crippen LogP) is 8.33. The van der Waals surface area contributed by atoms with Crippen LogP contribution in [0.15, 0.2) is 97.1 Å². The van der Waals surface area contributed by atoms with E-state index in [4.69, 9.17) is 23.2 Å². The second-order valence-corrected chi connectivity index (χ2v) is 15.3. The number of rotatable bonds is 7. The first-order valence-corrected chi connectivity index (χ1v) is 18.1. The van der Waals surface area contributed by atoms with Crippen molar-refractivity contribution in [3.63, 3.8) is 0 Å². The van der Waals surface area contributed by atoms with Crippen molar-refractivity contribution in [2.45, 2.75) is 34.9 Å². The number of allylic oxidation sites excluding steroid dienone is 3. The number of hydrogen-bond acceptors (Lipinski definition) is 6. The van der Waals surface area contributed by atoms with E-state index < -0.39 is 104 Å². The number of nitrogens with zero attached hydrogens (tertiary/aromatic N) is 2. The summed E-state index contributed by atoms with van der Waals surface area (Å²) in [4.78, 5) is 52.8. The molecule has 8 nitrogen and oxygen atoms in total. The van der Waals surface area contributed by atoms with Crippen LogP contribution in [0.3, 0.4) is 0 Å². The van der Waals surface area contributed by atoms with Crippen LogP contribution in [0, 0.1) is 46.8 Å². The van der Waals surface area contributed by atoms with Crippen molar-refractivity contribution in [3.05, 3.63) is 137 Å². The lowest BCUT2D eigenvalue weighted by Gasteiger charge is -2.50. The van der Waals surface area contributed by atoms with Crippen LogP contribution in [0.25, 0.3) is 0 Å². The molecule has 2 heterocycles. The second kappa shape index (κ2) is 13.3. The number of phenols is 1. The van der Waals surface area contributed by atoms with Gasteiger partial charge in [0.15, 0.2) is 33.0 Å². The maximum atomic E-state index is 15.3. The zero-order valence-electron chi connectivity index (χ0n) is 28.8. The molecule has 286 valence electrons. The fraction of sp³-hybridized carbons (Fsp3) is 0.220. The van der Waals surface area contributed by atoms with Crippen molar-refractivity contribution in [1.82, 2.24) is 0 Å². The first-order chi connectivity index (χ1) is 26.7. The number of alkyl halides is 2. The molecule has 4 aromatic rings. The van der Waals surface area contributed by atoms with Crippen LogP contribution in [-0.2, 0) is 25.6 Å². The smallest absolute Gasteiger partial charge is 0.258 e. The van der Waals surface area contributed by atoms with Gasteiger partial charge in [-0.1, -0.05) is 54.1 Å². The van der Waals surface area contributed by atoms with Gasteiger partial charge in [0.1, 0.15) is 11.4 Å².